The molecule has 3 N–H and O–H groups in total. The van der Waals surface area contributed by atoms with Crippen molar-refractivity contribution in [2.45, 2.75) is 26.9 Å². The molecule has 1 aromatic carbocycles. The molecular weight excluding hydrogens is 392 g/mol. The third kappa shape index (κ3) is 4.99. The Hall–Kier alpha value is -2.58. The first kappa shape index (κ1) is 20.7. The van der Waals surface area contributed by atoms with E-state index in [4.69, 9.17) is 26.8 Å². The molecule has 2 aromatic rings. The first-order chi connectivity index (χ1) is 12.7. The van der Waals surface area contributed by atoms with Crippen molar-refractivity contribution in [1.82, 2.24) is 0 Å². The zero-order valence-electron chi connectivity index (χ0n) is 15.0. The van der Waals surface area contributed by atoms with Crippen LogP contribution in [-0.2, 0) is 9.53 Å². The zero-order chi connectivity index (χ0) is 20.1. The summed E-state index contributed by atoms with van der Waals surface area (Å²) in [7, 11) is 0. The Morgan fingerprint density at radius 1 is 1.33 bits per heavy atom. The summed E-state index contributed by atoms with van der Waals surface area (Å²) in [6.07, 6.45) is -0.877. The van der Waals surface area contributed by atoms with E-state index in [1.54, 1.807) is 45.0 Å². The van der Waals surface area contributed by atoms with Gasteiger partial charge in [-0.05, 0) is 44.5 Å². The second-order valence-corrected chi connectivity index (χ2v) is 7.01. The molecule has 0 radical (unpaired) electrons. The Morgan fingerprint density at radius 3 is 2.63 bits per heavy atom. The average Bonchev–Trinajstić information content (AvgIpc) is 2.91. The topological polar surface area (TPSA) is 108 Å². The van der Waals surface area contributed by atoms with Gasteiger partial charge in [-0.2, -0.15) is 0 Å². The van der Waals surface area contributed by atoms with E-state index >= 15 is 0 Å². The van der Waals surface area contributed by atoms with E-state index in [9.17, 15) is 14.4 Å². The Labute approximate surface area is 165 Å². The van der Waals surface area contributed by atoms with Gasteiger partial charge in [0.05, 0.1) is 17.0 Å². The lowest BCUT2D eigenvalue weighted by atomic mass is 10.1. The van der Waals surface area contributed by atoms with Gasteiger partial charge in [0.25, 0.3) is 11.8 Å². The van der Waals surface area contributed by atoms with Crippen LogP contribution in [0.2, 0.25) is 5.02 Å². The molecule has 0 aliphatic rings. The lowest BCUT2D eigenvalue weighted by molar-refractivity contribution is -0.122. The first-order valence-electron chi connectivity index (χ1n) is 8.08. The molecule has 1 aromatic heterocycles. The van der Waals surface area contributed by atoms with Crippen LogP contribution in [0.4, 0.5) is 5.00 Å². The first-order valence-corrected chi connectivity index (χ1v) is 9.27. The summed E-state index contributed by atoms with van der Waals surface area (Å²) >= 11 is 6.82. The number of esters is 1. The normalized spacial score (nSPS) is 11.6. The Kier molecular flexibility index (Phi) is 6.81. The summed E-state index contributed by atoms with van der Waals surface area (Å²) < 4.78 is 10.6. The summed E-state index contributed by atoms with van der Waals surface area (Å²) in [5.74, 6) is -1.40. The third-order valence-corrected chi connectivity index (χ3v) is 5.02. The second kappa shape index (κ2) is 8.88. The lowest BCUT2D eigenvalue weighted by Crippen LogP contribution is -2.30. The third-order valence-electron chi connectivity index (χ3n) is 3.57. The molecule has 0 spiro atoms. The van der Waals surface area contributed by atoms with E-state index in [1.165, 1.54) is 0 Å². The largest absolute Gasteiger partial charge is 0.481 e. The molecule has 7 nitrogen and oxygen atoms in total. The number of hydrogen-bond acceptors (Lipinski definition) is 6. The van der Waals surface area contributed by atoms with Gasteiger partial charge in [0.2, 0.25) is 0 Å². The number of thiophene rings is 1. The van der Waals surface area contributed by atoms with Gasteiger partial charge in [0.1, 0.15) is 10.8 Å². The number of benzene rings is 1. The van der Waals surface area contributed by atoms with Gasteiger partial charge in [-0.25, -0.2) is 4.79 Å². The fourth-order valence-electron chi connectivity index (χ4n) is 2.30. The summed E-state index contributed by atoms with van der Waals surface area (Å²) in [6.45, 7) is 4.94. The maximum atomic E-state index is 12.5. The van der Waals surface area contributed by atoms with E-state index in [0.717, 1.165) is 11.3 Å². The number of rotatable bonds is 7. The number of hydrogen-bond donors (Lipinski definition) is 2. The van der Waals surface area contributed by atoms with Crippen LogP contribution >= 0.6 is 22.9 Å². The van der Waals surface area contributed by atoms with Crippen LogP contribution in [0, 0.1) is 6.92 Å². The van der Waals surface area contributed by atoms with Crippen LogP contribution in [0.3, 0.4) is 0 Å². The zero-order valence-corrected chi connectivity index (χ0v) is 16.6. The molecule has 27 heavy (non-hydrogen) atoms. The molecule has 2 amide bonds. The van der Waals surface area contributed by atoms with Gasteiger partial charge in [-0.15, -0.1) is 11.3 Å². The van der Waals surface area contributed by atoms with Gasteiger partial charge in [-0.3, -0.25) is 9.59 Å². The Bertz CT molecular complexity index is 881. The summed E-state index contributed by atoms with van der Waals surface area (Å²) in [5.41, 5.74) is 5.82. The van der Waals surface area contributed by atoms with E-state index in [2.05, 4.69) is 5.32 Å². The number of nitrogens with two attached hydrogens (primary N) is 1. The van der Waals surface area contributed by atoms with Crippen LogP contribution in [0.5, 0.6) is 5.75 Å². The molecule has 0 aliphatic heterocycles. The molecular formula is C18H19ClN2O5S. The van der Waals surface area contributed by atoms with Crippen LogP contribution in [0.25, 0.3) is 0 Å². The van der Waals surface area contributed by atoms with Gasteiger partial charge >= 0.3 is 5.97 Å². The maximum Gasteiger partial charge on any atom is 0.341 e. The van der Waals surface area contributed by atoms with Gasteiger partial charge in [0, 0.05) is 5.02 Å². The van der Waals surface area contributed by atoms with Crippen LogP contribution in [0.1, 0.15) is 39.4 Å². The molecule has 1 heterocycles. The predicted octanol–water partition coefficient (Wildman–Crippen LogP) is 3.39. The SMILES string of the molecule is CCOC(=O)c1c(NC(=O)C(C)Oc2cccc(Cl)c2)sc(C(N)=O)c1C. The van der Waals surface area contributed by atoms with Crippen molar-refractivity contribution < 1.29 is 23.9 Å². The monoisotopic (exact) mass is 410 g/mol. The van der Waals surface area contributed by atoms with Crippen molar-refractivity contribution in [3.63, 3.8) is 0 Å². The molecule has 144 valence electrons. The highest BCUT2D eigenvalue weighted by molar-refractivity contribution is 7.18. The highest BCUT2D eigenvalue weighted by Gasteiger charge is 2.27. The smallest absolute Gasteiger partial charge is 0.341 e. The number of ether oxygens (including phenoxy) is 2. The lowest BCUT2D eigenvalue weighted by Gasteiger charge is -2.15. The van der Waals surface area contributed by atoms with Gasteiger partial charge < -0.3 is 20.5 Å². The minimum Gasteiger partial charge on any atom is -0.481 e. The quantitative estimate of drug-likeness (QED) is 0.680. The number of carbonyl (C=O) groups excluding carboxylic acids is 3. The van der Waals surface area contributed by atoms with Crippen molar-refractivity contribution in [1.29, 1.82) is 0 Å². The maximum absolute atomic E-state index is 12.5. The van der Waals surface area contributed by atoms with Crippen molar-refractivity contribution >= 4 is 45.7 Å². The van der Waals surface area contributed by atoms with Crippen LogP contribution in [0.15, 0.2) is 24.3 Å². The standard InChI is InChI=1S/C18H19ClN2O5S/c1-4-25-18(24)13-9(2)14(15(20)22)27-17(13)21-16(23)10(3)26-12-7-5-6-11(19)8-12/h5-8,10H,4H2,1-3H3,(H2,20,22)(H,21,23). The fourth-order valence-corrected chi connectivity index (χ4v) is 3.53. The molecule has 1 atom stereocenters. The second-order valence-electron chi connectivity index (χ2n) is 5.55. The van der Waals surface area contributed by atoms with Crippen molar-refractivity contribution in [2.24, 2.45) is 5.73 Å². The molecule has 1 unspecified atom stereocenters. The molecule has 9 heteroatoms. The van der Waals surface area contributed by atoms with Crippen molar-refractivity contribution in [2.75, 3.05) is 11.9 Å². The van der Waals surface area contributed by atoms with E-state index in [-0.39, 0.29) is 22.0 Å². The molecule has 0 fully saturated rings. The Morgan fingerprint density at radius 2 is 2.04 bits per heavy atom. The highest BCUT2D eigenvalue weighted by atomic mass is 35.5. The molecule has 0 aliphatic carbocycles. The molecule has 0 bridgehead atoms. The van der Waals surface area contributed by atoms with Crippen molar-refractivity contribution in [3.05, 3.63) is 45.3 Å². The highest BCUT2D eigenvalue weighted by Crippen LogP contribution is 2.33. The number of nitrogens with one attached hydrogen (secondary N) is 1. The minimum atomic E-state index is -0.877. The number of halogens is 1. The fraction of sp³-hybridized carbons (Fsp3) is 0.278. The van der Waals surface area contributed by atoms with Crippen LogP contribution in [-0.4, -0.2) is 30.5 Å². The van der Waals surface area contributed by atoms with E-state index in [0.29, 0.717) is 16.3 Å². The number of anilines is 1. The summed E-state index contributed by atoms with van der Waals surface area (Å²) in [5, 5.41) is 3.28. The Balaban J connectivity index is 2.24. The van der Waals surface area contributed by atoms with E-state index in [1.807, 2.05) is 0 Å². The van der Waals surface area contributed by atoms with Gasteiger partial charge in [0.15, 0.2) is 6.10 Å². The van der Waals surface area contributed by atoms with Gasteiger partial charge in [-0.1, -0.05) is 17.7 Å². The summed E-state index contributed by atoms with van der Waals surface area (Å²) in [4.78, 5) is 36.5. The number of carbonyl (C=O) groups is 3. The molecule has 0 saturated heterocycles. The number of amides is 2. The van der Waals surface area contributed by atoms with Crippen molar-refractivity contribution in [3.8, 4) is 5.75 Å². The molecule has 2 rings (SSSR count). The average molecular weight is 411 g/mol. The molecule has 0 saturated carbocycles. The van der Waals surface area contributed by atoms with Crippen LogP contribution < -0.4 is 15.8 Å². The minimum absolute atomic E-state index is 0.110. The number of primary amides is 1. The summed E-state index contributed by atoms with van der Waals surface area (Å²) in [6, 6.07) is 6.63. The van der Waals surface area contributed by atoms with E-state index < -0.39 is 23.9 Å². The predicted molar refractivity (Wildman–Crippen MR) is 104 cm³/mol.